The molecule has 0 radical (unpaired) electrons. The van der Waals surface area contributed by atoms with Crippen LogP contribution in [0.3, 0.4) is 0 Å². The summed E-state index contributed by atoms with van der Waals surface area (Å²) in [7, 11) is 0. The van der Waals surface area contributed by atoms with Crippen molar-refractivity contribution in [2.45, 2.75) is 71.8 Å². The Bertz CT molecular complexity index is 550. The van der Waals surface area contributed by atoms with Crippen molar-refractivity contribution < 1.29 is 29.4 Å². The molecule has 0 saturated heterocycles. The molecule has 0 aromatic carbocycles. The number of aliphatic carboxylic acids is 1. The fourth-order valence-corrected chi connectivity index (χ4v) is 2.16. The van der Waals surface area contributed by atoms with Crippen LogP contribution in [0.25, 0.3) is 0 Å². The molecule has 5 atom stereocenters. The highest BCUT2D eigenvalue weighted by atomic mass is 16.4. The van der Waals surface area contributed by atoms with E-state index in [0.717, 1.165) is 0 Å². The minimum absolute atomic E-state index is 0.321. The number of nitrogens with two attached hydrogens (primary N) is 1. The number of hydrogen-bond acceptors (Lipinski definition) is 6. The zero-order valence-corrected chi connectivity index (χ0v) is 16.6. The van der Waals surface area contributed by atoms with E-state index in [2.05, 4.69) is 16.0 Å². The molecule has 0 aromatic rings. The Morgan fingerprint density at radius 3 is 1.56 bits per heavy atom. The minimum Gasteiger partial charge on any atom is -0.480 e. The normalized spacial score (nSPS) is 16.8. The Kier molecular flexibility index (Phi) is 9.95. The molecule has 0 aliphatic heterocycles. The molecule has 0 spiro atoms. The molecule has 7 N–H and O–H groups in total. The third-order valence-electron chi connectivity index (χ3n) is 4.05. The Morgan fingerprint density at radius 2 is 1.19 bits per heavy atom. The lowest BCUT2D eigenvalue weighted by atomic mass is 10.00. The smallest absolute Gasteiger partial charge is 0.326 e. The van der Waals surface area contributed by atoms with E-state index in [0.29, 0.717) is 0 Å². The highest BCUT2D eigenvalue weighted by Gasteiger charge is 2.31. The van der Waals surface area contributed by atoms with Gasteiger partial charge in [-0.25, -0.2) is 4.79 Å². The van der Waals surface area contributed by atoms with Crippen molar-refractivity contribution in [2.75, 3.05) is 0 Å². The van der Waals surface area contributed by atoms with Gasteiger partial charge in [-0.15, -0.1) is 0 Å². The zero-order chi connectivity index (χ0) is 21.5. The van der Waals surface area contributed by atoms with Crippen LogP contribution in [0.4, 0.5) is 0 Å². The van der Waals surface area contributed by atoms with Crippen molar-refractivity contribution in [1.82, 2.24) is 16.0 Å². The number of rotatable bonds is 10. The van der Waals surface area contributed by atoms with E-state index < -0.39 is 54.0 Å². The summed E-state index contributed by atoms with van der Waals surface area (Å²) in [6, 6.07) is -4.26. The Morgan fingerprint density at radius 1 is 0.741 bits per heavy atom. The standard InChI is InChI=1S/C17H32N4O6/c1-7(2)12(16(25)21-13(8(3)4)17(26)27)20-14(23)9(5)19-15(24)11(18)10(6)22/h7-13,22H,18H2,1-6H3,(H,19,24)(H,20,23)(H,21,25)(H,26,27). The summed E-state index contributed by atoms with van der Waals surface area (Å²) in [5, 5.41) is 25.8. The van der Waals surface area contributed by atoms with Crippen LogP contribution in [0.2, 0.25) is 0 Å². The van der Waals surface area contributed by atoms with Crippen LogP contribution in [0.5, 0.6) is 0 Å². The van der Waals surface area contributed by atoms with Gasteiger partial charge in [-0.05, 0) is 25.7 Å². The maximum Gasteiger partial charge on any atom is 0.326 e. The van der Waals surface area contributed by atoms with Gasteiger partial charge in [-0.1, -0.05) is 27.7 Å². The number of carboxylic acid groups (broad SMARTS) is 1. The molecule has 0 fully saturated rings. The van der Waals surface area contributed by atoms with Gasteiger partial charge in [-0.2, -0.15) is 0 Å². The molecule has 10 heteroatoms. The average Bonchev–Trinajstić information content (AvgIpc) is 2.54. The second-order valence-electron chi connectivity index (χ2n) is 7.30. The van der Waals surface area contributed by atoms with E-state index in [1.165, 1.54) is 13.8 Å². The lowest BCUT2D eigenvalue weighted by Gasteiger charge is -2.27. The largest absolute Gasteiger partial charge is 0.480 e. The van der Waals surface area contributed by atoms with Crippen LogP contribution in [-0.4, -0.2) is 64.2 Å². The molecular weight excluding hydrogens is 356 g/mol. The summed E-state index contributed by atoms with van der Waals surface area (Å²) in [6.45, 7) is 9.47. The van der Waals surface area contributed by atoms with Gasteiger partial charge in [-0.3, -0.25) is 14.4 Å². The molecular formula is C17H32N4O6. The van der Waals surface area contributed by atoms with E-state index in [4.69, 9.17) is 5.73 Å². The molecule has 3 amide bonds. The molecule has 0 bridgehead atoms. The molecule has 10 nitrogen and oxygen atoms in total. The molecule has 0 aliphatic carbocycles. The summed E-state index contributed by atoms with van der Waals surface area (Å²) in [6.07, 6.45) is -1.08. The molecule has 0 saturated carbocycles. The summed E-state index contributed by atoms with van der Waals surface area (Å²) in [5.41, 5.74) is 5.50. The van der Waals surface area contributed by atoms with Crippen LogP contribution in [0.15, 0.2) is 0 Å². The first-order valence-corrected chi connectivity index (χ1v) is 8.87. The lowest BCUT2D eigenvalue weighted by molar-refractivity contribution is -0.143. The highest BCUT2D eigenvalue weighted by Crippen LogP contribution is 2.07. The van der Waals surface area contributed by atoms with Gasteiger partial charge >= 0.3 is 5.97 Å². The number of carbonyl (C=O) groups excluding carboxylic acids is 3. The number of hydrogen-bond donors (Lipinski definition) is 6. The predicted molar refractivity (Wildman–Crippen MR) is 98.4 cm³/mol. The van der Waals surface area contributed by atoms with Crippen molar-refractivity contribution in [3.63, 3.8) is 0 Å². The summed E-state index contributed by atoms with van der Waals surface area (Å²) in [5.74, 6) is -3.79. The highest BCUT2D eigenvalue weighted by molar-refractivity contribution is 5.94. The topological polar surface area (TPSA) is 171 Å². The van der Waals surface area contributed by atoms with E-state index in [9.17, 15) is 29.4 Å². The number of aliphatic hydroxyl groups is 1. The van der Waals surface area contributed by atoms with Gasteiger partial charge < -0.3 is 31.9 Å². The molecule has 0 heterocycles. The third-order valence-corrected chi connectivity index (χ3v) is 4.05. The lowest BCUT2D eigenvalue weighted by Crippen LogP contribution is -2.59. The number of amides is 3. The Labute approximate surface area is 159 Å². The van der Waals surface area contributed by atoms with E-state index in [1.807, 2.05) is 0 Å². The first-order chi connectivity index (χ1) is 12.3. The number of carboxylic acids is 1. The van der Waals surface area contributed by atoms with Gasteiger partial charge in [0.2, 0.25) is 17.7 Å². The fraction of sp³-hybridized carbons (Fsp3) is 0.765. The van der Waals surface area contributed by atoms with Crippen molar-refractivity contribution in [1.29, 1.82) is 0 Å². The monoisotopic (exact) mass is 388 g/mol. The SMILES string of the molecule is CC(NC(=O)C(N)C(C)O)C(=O)NC(C(=O)NC(C(=O)O)C(C)C)C(C)C. The fourth-order valence-electron chi connectivity index (χ4n) is 2.16. The Hall–Kier alpha value is -2.20. The second kappa shape index (κ2) is 10.8. The van der Waals surface area contributed by atoms with E-state index >= 15 is 0 Å². The van der Waals surface area contributed by atoms with Crippen molar-refractivity contribution in [3.8, 4) is 0 Å². The van der Waals surface area contributed by atoms with Crippen LogP contribution in [0.1, 0.15) is 41.5 Å². The van der Waals surface area contributed by atoms with Crippen molar-refractivity contribution in [2.24, 2.45) is 17.6 Å². The number of carbonyl (C=O) groups is 4. The molecule has 0 aromatic heterocycles. The van der Waals surface area contributed by atoms with Crippen LogP contribution in [-0.2, 0) is 19.2 Å². The van der Waals surface area contributed by atoms with Crippen LogP contribution < -0.4 is 21.7 Å². The van der Waals surface area contributed by atoms with Crippen LogP contribution >= 0.6 is 0 Å². The number of aliphatic hydroxyl groups excluding tert-OH is 1. The number of nitrogens with one attached hydrogen (secondary N) is 3. The summed E-state index contributed by atoms with van der Waals surface area (Å²) < 4.78 is 0. The summed E-state index contributed by atoms with van der Waals surface area (Å²) >= 11 is 0. The summed E-state index contributed by atoms with van der Waals surface area (Å²) in [4.78, 5) is 47.9. The van der Waals surface area contributed by atoms with Crippen molar-refractivity contribution in [3.05, 3.63) is 0 Å². The average molecular weight is 388 g/mol. The van der Waals surface area contributed by atoms with Crippen LogP contribution in [0, 0.1) is 11.8 Å². The van der Waals surface area contributed by atoms with E-state index in [-0.39, 0.29) is 11.8 Å². The van der Waals surface area contributed by atoms with Gasteiger partial charge in [0.1, 0.15) is 24.2 Å². The van der Waals surface area contributed by atoms with E-state index in [1.54, 1.807) is 27.7 Å². The first-order valence-electron chi connectivity index (χ1n) is 8.87. The minimum atomic E-state index is -1.19. The van der Waals surface area contributed by atoms with Gasteiger partial charge in [0, 0.05) is 0 Å². The molecule has 0 rings (SSSR count). The van der Waals surface area contributed by atoms with Gasteiger partial charge in [0.25, 0.3) is 0 Å². The molecule has 0 aliphatic rings. The first kappa shape index (κ1) is 24.8. The third kappa shape index (κ3) is 7.92. The predicted octanol–water partition coefficient (Wildman–Crippen LogP) is -1.43. The molecule has 5 unspecified atom stereocenters. The molecule has 27 heavy (non-hydrogen) atoms. The quantitative estimate of drug-likeness (QED) is 0.266. The Balaban J connectivity index is 5.03. The maximum absolute atomic E-state index is 12.5. The second-order valence-corrected chi connectivity index (χ2v) is 7.30. The maximum atomic E-state index is 12.5. The van der Waals surface area contributed by atoms with Gasteiger partial charge in [0.15, 0.2) is 0 Å². The zero-order valence-electron chi connectivity index (χ0n) is 16.6. The van der Waals surface area contributed by atoms with Crippen molar-refractivity contribution >= 4 is 23.7 Å². The molecule has 156 valence electrons. The van der Waals surface area contributed by atoms with Gasteiger partial charge in [0.05, 0.1) is 6.10 Å².